The Morgan fingerprint density at radius 3 is 2.77 bits per heavy atom. The Bertz CT molecular complexity index is 256. The van der Waals surface area contributed by atoms with E-state index in [1.54, 1.807) is 0 Å². The number of rotatable bonds is 4. The van der Waals surface area contributed by atoms with Crippen LogP contribution in [0, 0.1) is 0 Å². The molecule has 0 aliphatic heterocycles. The lowest BCUT2D eigenvalue weighted by Crippen LogP contribution is -2.18. The summed E-state index contributed by atoms with van der Waals surface area (Å²) in [6, 6.07) is 0. The molecule has 1 rings (SSSR count). The van der Waals surface area contributed by atoms with Gasteiger partial charge in [-0.15, -0.1) is 16.7 Å². The van der Waals surface area contributed by atoms with E-state index in [1.165, 1.54) is 0 Å². The van der Waals surface area contributed by atoms with Crippen molar-refractivity contribution in [3.8, 4) is 0 Å². The van der Waals surface area contributed by atoms with Crippen LogP contribution in [0.15, 0.2) is 6.20 Å². The quantitative estimate of drug-likeness (QED) is 0.687. The van der Waals surface area contributed by atoms with Crippen molar-refractivity contribution in [3.63, 3.8) is 0 Å². The lowest BCUT2D eigenvalue weighted by atomic mass is 10.4. The minimum atomic E-state index is -0.0619. The van der Waals surface area contributed by atoms with Gasteiger partial charge in [-0.05, 0) is 21.0 Å². The third-order valence-electron chi connectivity index (χ3n) is 1.74. The van der Waals surface area contributed by atoms with Gasteiger partial charge in [-0.25, -0.2) is 0 Å². The van der Waals surface area contributed by atoms with E-state index in [1.807, 2.05) is 31.9 Å². The van der Waals surface area contributed by atoms with Crippen LogP contribution >= 0.6 is 11.6 Å². The van der Waals surface area contributed by atoms with E-state index in [4.69, 9.17) is 11.6 Å². The molecule has 13 heavy (non-hydrogen) atoms. The van der Waals surface area contributed by atoms with Crippen LogP contribution in [0.2, 0.25) is 0 Å². The van der Waals surface area contributed by atoms with E-state index >= 15 is 0 Å². The first-order valence-corrected chi connectivity index (χ1v) is 4.72. The number of likely N-dealkylation sites (N-methyl/N-ethyl adjacent to an activating group) is 1. The maximum atomic E-state index is 5.85. The van der Waals surface area contributed by atoms with E-state index < -0.39 is 0 Å². The highest BCUT2D eigenvalue weighted by Crippen LogP contribution is 2.14. The van der Waals surface area contributed by atoms with Gasteiger partial charge in [-0.1, -0.05) is 5.21 Å². The monoisotopic (exact) mass is 202 g/mol. The van der Waals surface area contributed by atoms with E-state index in [9.17, 15) is 0 Å². The Kier molecular flexibility index (Phi) is 3.69. The molecule has 0 aliphatic carbocycles. The zero-order valence-corrected chi connectivity index (χ0v) is 8.99. The summed E-state index contributed by atoms with van der Waals surface area (Å²) in [5, 5.41) is 7.86. The SMILES string of the molecule is CC(Cl)c1cn(CCN(C)C)nn1. The average Bonchev–Trinajstić information content (AvgIpc) is 2.48. The average molecular weight is 203 g/mol. The zero-order valence-electron chi connectivity index (χ0n) is 8.24. The molecule has 0 radical (unpaired) electrons. The normalized spacial score (nSPS) is 13.6. The van der Waals surface area contributed by atoms with E-state index in [0.29, 0.717) is 0 Å². The van der Waals surface area contributed by atoms with Gasteiger partial charge in [0.2, 0.25) is 0 Å². The fraction of sp³-hybridized carbons (Fsp3) is 0.750. The van der Waals surface area contributed by atoms with Gasteiger partial charge in [-0.3, -0.25) is 4.68 Å². The van der Waals surface area contributed by atoms with Crippen molar-refractivity contribution in [1.29, 1.82) is 0 Å². The fourth-order valence-corrected chi connectivity index (χ4v) is 1.01. The van der Waals surface area contributed by atoms with Crippen LogP contribution in [0.3, 0.4) is 0 Å². The van der Waals surface area contributed by atoms with E-state index in [2.05, 4.69) is 15.2 Å². The topological polar surface area (TPSA) is 34.0 Å². The van der Waals surface area contributed by atoms with Crippen molar-refractivity contribution in [2.45, 2.75) is 18.8 Å². The summed E-state index contributed by atoms with van der Waals surface area (Å²) in [7, 11) is 4.06. The van der Waals surface area contributed by atoms with Crippen molar-refractivity contribution in [2.75, 3.05) is 20.6 Å². The number of halogens is 1. The van der Waals surface area contributed by atoms with Gasteiger partial charge in [0.15, 0.2) is 0 Å². The van der Waals surface area contributed by atoms with Crippen molar-refractivity contribution < 1.29 is 0 Å². The Morgan fingerprint density at radius 1 is 1.62 bits per heavy atom. The van der Waals surface area contributed by atoms with Gasteiger partial charge < -0.3 is 4.90 Å². The number of alkyl halides is 1. The first kappa shape index (κ1) is 10.5. The predicted octanol–water partition coefficient (Wildman–Crippen LogP) is 1.14. The molecule has 1 heterocycles. The van der Waals surface area contributed by atoms with Gasteiger partial charge in [0.25, 0.3) is 0 Å². The van der Waals surface area contributed by atoms with Gasteiger partial charge in [0.1, 0.15) is 5.69 Å². The molecule has 0 aromatic carbocycles. The van der Waals surface area contributed by atoms with E-state index in [-0.39, 0.29) is 5.38 Å². The molecule has 1 unspecified atom stereocenters. The molecule has 0 bridgehead atoms. The van der Waals surface area contributed by atoms with Gasteiger partial charge in [0, 0.05) is 12.7 Å². The molecule has 0 fully saturated rings. The molecule has 5 heteroatoms. The van der Waals surface area contributed by atoms with E-state index in [0.717, 1.165) is 18.8 Å². The molecule has 1 aromatic heterocycles. The van der Waals surface area contributed by atoms with Crippen molar-refractivity contribution in [3.05, 3.63) is 11.9 Å². The maximum Gasteiger partial charge on any atom is 0.100 e. The Morgan fingerprint density at radius 2 is 2.31 bits per heavy atom. The summed E-state index contributed by atoms with van der Waals surface area (Å²) in [5.74, 6) is 0. The standard InChI is InChI=1S/C8H15ClN4/c1-7(9)8-6-13(11-10-8)5-4-12(2)3/h6-7H,4-5H2,1-3H3. The van der Waals surface area contributed by atoms with Crippen LogP contribution in [0.4, 0.5) is 0 Å². The summed E-state index contributed by atoms with van der Waals surface area (Å²) < 4.78 is 1.81. The summed E-state index contributed by atoms with van der Waals surface area (Å²) in [6.45, 7) is 3.70. The van der Waals surface area contributed by atoms with Crippen molar-refractivity contribution in [1.82, 2.24) is 19.9 Å². The highest BCUT2D eigenvalue weighted by Gasteiger charge is 2.05. The third kappa shape index (κ3) is 3.32. The molecule has 0 N–H and O–H groups in total. The predicted molar refractivity (Wildman–Crippen MR) is 52.8 cm³/mol. The minimum Gasteiger partial charge on any atom is -0.308 e. The van der Waals surface area contributed by atoms with Crippen LogP contribution in [0.25, 0.3) is 0 Å². The van der Waals surface area contributed by atoms with Crippen LogP contribution in [-0.4, -0.2) is 40.5 Å². The zero-order chi connectivity index (χ0) is 9.84. The lowest BCUT2D eigenvalue weighted by Gasteiger charge is -2.07. The van der Waals surface area contributed by atoms with Gasteiger partial charge >= 0.3 is 0 Å². The highest BCUT2D eigenvalue weighted by molar-refractivity contribution is 6.20. The molecule has 1 aromatic rings. The number of hydrogen-bond donors (Lipinski definition) is 0. The highest BCUT2D eigenvalue weighted by atomic mass is 35.5. The molecular weight excluding hydrogens is 188 g/mol. The molecule has 74 valence electrons. The first-order chi connectivity index (χ1) is 6.09. The van der Waals surface area contributed by atoms with Crippen LogP contribution < -0.4 is 0 Å². The third-order valence-corrected chi connectivity index (χ3v) is 1.96. The molecule has 4 nitrogen and oxygen atoms in total. The van der Waals surface area contributed by atoms with Gasteiger partial charge in [-0.2, -0.15) is 0 Å². The van der Waals surface area contributed by atoms with Crippen LogP contribution in [-0.2, 0) is 6.54 Å². The maximum absolute atomic E-state index is 5.85. The molecular formula is C8H15ClN4. The largest absolute Gasteiger partial charge is 0.308 e. The number of hydrogen-bond acceptors (Lipinski definition) is 3. The second-order valence-electron chi connectivity index (χ2n) is 3.33. The summed E-state index contributed by atoms with van der Waals surface area (Å²) in [6.07, 6.45) is 1.89. The first-order valence-electron chi connectivity index (χ1n) is 4.28. The molecule has 0 spiro atoms. The fourth-order valence-electron chi connectivity index (χ4n) is 0.907. The molecule has 0 aliphatic rings. The second-order valence-corrected chi connectivity index (χ2v) is 3.98. The molecule has 0 amide bonds. The molecule has 1 atom stereocenters. The second kappa shape index (κ2) is 4.58. The number of nitrogens with zero attached hydrogens (tertiary/aromatic N) is 4. The van der Waals surface area contributed by atoms with Crippen LogP contribution in [0.5, 0.6) is 0 Å². The van der Waals surface area contributed by atoms with Crippen molar-refractivity contribution >= 4 is 11.6 Å². The lowest BCUT2D eigenvalue weighted by molar-refractivity contribution is 0.370. The molecule has 0 saturated heterocycles. The van der Waals surface area contributed by atoms with Crippen LogP contribution in [0.1, 0.15) is 18.0 Å². The Balaban J connectivity index is 2.49. The number of aromatic nitrogens is 3. The molecule has 0 saturated carbocycles. The summed E-state index contributed by atoms with van der Waals surface area (Å²) in [5.41, 5.74) is 0.834. The minimum absolute atomic E-state index is 0.0619. The summed E-state index contributed by atoms with van der Waals surface area (Å²) in [4.78, 5) is 2.10. The van der Waals surface area contributed by atoms with Gasteiger partial charge in [0.05, 0.1) is 11.9 Å². The Labute approximate surface area is 83.5 Å². The van der Waals surface area contributed by atoms with Crippen molar-refractivity contribution in [2.24, 2.45) is 0 Å². The summed E-state index contributed by atoms with van der Waals surface area (Å²) >= 11 is 5.85. The smallest absolute Gasteiger partial charge is 0.100 e. The Hall–Kier alpha value is -0.610.